The van der Waals surface area contributed by atoms with Crippen LogP contribution in [0.15, 0.2) is 10.6 Å². The van der Waals surface area contributed by atoms with E-state index < -0.39 is 0 Å². The Morgan fingerprint density at radius 2 is 1.95 bits per heavy atom. The predicted molar refractivity (Wildman–Crippen MR) is 75.1 cm³/mol. The lowest BCUT2D eigenvalue weighted by molar-refractivity contribution is -0.122. The topological polar surface area (TPSA) is 84.2 Å². The lowest BCUT2D eigenvalue weighted by Crippen LogP contribution is -2.30. The summed E-state index contributed by atoms with van der Waals surface area (Å²) in [4.78, 5) is 22.8. The van der Waals surface area contributed by atoms with Gasteiger partial charge in [-0.05, 0) is 20.8 Å². The van der Waals surface area contributed by atoms with Gasteiger partial charge < -0.3 is 15.2 Å². The highest BCUT2D eigenvalue weighted by Gasteiger charge is 2.09. The van der Waals surface area contributed by atoms with Gasteiger partial charge in [0.1, 0.15) is 5.76 Å². The van der Waals surface area contributed by atoms with Gasteiger partial charge >= 0.3 is 0 Å². The van der Waals surface area contributed by atoms with Crippen molar-refractivity contribution in [1.82, 2.24) is 15.8 Å². The number of aromatic nitrogens is 1. The van der Waals surface area contributed by atoms with Crippen LogP contribution in [0.3, 0.4) is 0 Å². The van der Waals surface area contributed by atoms with Crippen molar-refractivity contribution in [2.45, 2.75) is 52.5 Å². The van der Waals surface area contributed by atoms with Gasteiger partial charge in [0.15, 0.2) is 0 Å². The molecule has 1 rings (SSSR count). The summed E-state index contributed by atoms with van der Waals surface area (Å²) in [7, 11) is 0. The van der Waals surface area contributed by atoms with Crippen LogP contribution in [0.5, 0.6) is 0 Å². The van der Waals surface area contributed by atoms with Gasteiger partial charge in [-0.2, -0.15) is 0 Å². The molecule has 0 aliphatic rings. The van der Waals surface area contributed by atoms with E-state index in [1.54, 1.807) is 0 Å². The molecule has 6 nitrogen and oxygen atoms in total. The average Bonchev–Trinajstić information content (AvgIpc) is 2.81. The smallest absolute Gasteiger partial charge is 0.220 e. The summed E-state index contributed by atoms with van der Waals surface area (Å²) in [6, 6.07) is 1.95. The molecule has 2 amide bonds. The molecule has 1 heterocycles. The number of carbonyl (C=O) groups excluding carboxylic acids is 2. The quantitative estimate of drug-likeness (QED) is 0.750. The first kappa shape index (κ1) is 16.2. The number of rotatable bonds is 8. The van der Waals surface area contributed by atoms with Crippen LogP contribution in [0, 0.1) is 0 Å². The van der Waals surface area contributed by atoms with Gasteiger partial charge in [0.2, 0.25) is 11.8 Å². The van der Waals surface area contributed by atoms with Crippen molar-refractivity contribution in [3.8, 4) is 0 Å². The number of nitrogens with one attached hydrogen (secondary N) is 2. The van der Waals surface area contributed by atoms with Gasteiger partial charge in [0, 0.05) is 44.3 Å². The summed E-state index contributed by atoms with van der Waals surface area (Å²) in [5.41, 5.74) is 0.746. The monoisotopic (exact) mass is 281 g/mol. The standard InChI is InChI=1S/C14H23N3O3/c1-4-15-13(18)7-5-11-9-12(20-17-11)6-8-14(19)16-10(2)3/h9-10H,4-8H2,1-3H3,(H,15,18)(H,16,19). The lowest BCUT2D eigenvalue weighted by atomic mass is 10.2. The van der Waals surface area contributed by atoms with Crippen LogP contribution in [-0.2, 0) is 22.4 Å². The Balaban J connectivity index is 2.32. The minimum absolute atomic E-state index is 0.000253. The minimum atomic E-state index is 0.000253. The zero-order valence-corrected chi connectivity index (χ0v) is 12.4. The predicted octanol–water partition coefficient (Wildman–Crippen LogP) is 1.20. The van der Waals surface area contributed by atoms with Crippen molar-refractivity contribution in [3.63, 3.8) is 0 Å². The normalized spacial score (nSPS) is 10.6. The Hall–Kier alpha value is -1.85. The van der Waals surface area contributed by atoms with Crippen molar-refractivity contribution in [1.29, 1.82) is 0 Å². The van der Waals surface area contributed by atoms with Gasteiger partial charge in [0.05, 0.1) is 5.69 Å². The van der Waals surface area contributed by atoms with Gasteiger partial charge in [-0.3, -0.25) is 9.59 Å². The molecular weight excluding hydrogens is 258 g/mol. The van der Waals surface area contributed by atoms with Crippen molar-refractivity contribution in [2.75, 3.05) is 6.54 Å². The zero-order chi connectivity index (χ0) is 15.0. The highest BCUT2D eigenvalue weighted by Crippen LogP contribution is 2.08. The summed E-state index contributed by atoms with van der Waals surface area (Å²) in [6.45, 7) is 6.36. The molecular formula is C14H23N3O3. The van der Waals surface area contributed by atoms with Gasteiger partial charge in [0.25, 0.3) is 0 Å². The molecule has 6 heteroatoms. The Morgan fingerprint density at radius 1 is 1.25 bits per heavy atom. The molecule has 1 aromatic rings. The van der Waals surface area contributed by atoms with Crippen LogP contribution >= 0.6 is 0 Å². The maximum absolute atomic E-state index is 11.5. The average molecular weight is 281 g/mol. The van der Waals surface area contributed by atoms with Crippen molar-refractivity contribution in [3.05, 3.63) is 17.5 Å². The zero-order valence-electron chi connectivity index (χ0n) is 12.4. The third-order valence-corrected chi connectivity index (χ3v) is 2.64. The number of amides is 2. The van der Waals surface area contributed by atoms with Gasteiger partial charge in [-0.25, -0.2) is 0 Å². The Morgan fingerprint density at radius 3 is 2.60 bits per heavy atom. The second-order valence-electron chi connectivity index (χ2n) is 4.96. The summed E-state index contributed by atoms with van der Waals surface area (Å²) in [5.74, 6) is 0.684. The van der Waals surface area contributed by atoms with Crippen molar-refractivity contribution < 1.29 is 14.1 Å². The van der Waals surface area contributed by atoms with Crippen molar-refractivity contribution >= 4 is 11.8 Å². The van der Waals surface area contributed by atoms with Crippen LogP contribution in [-0.4, -0.2) is 29.6 Å². The highest BCUT2D eigenvalue weighted by molar-refractivity contribution is 5.76. The fraction of sp³-hybridized carbons (Fsp3) is 0.643. The molecule has 0 atom stereocenters. The van der Waals surface area contributed by atoms with Gasteiger partial charge in [-0.15, -0.1) is 0 Å². The number of nitrogens with zero attached hydrogens (tertiary/aromatic N) is 1. The number of hydrogen-bond acceptors (Lipinski definition) is 4. The van der Waals surface area contributed by atoms with E-state index in [1.165, 1.54) is 0 Å². The summed E-state index contributed by atoms with van der Waals surface area (Å²) in [6.07, 6.45) is 1.84. The molecule has 0 aliphatic carbocycles. The van der Waals surface area contributed by atoms with Crippen LogP contribution in [0.4, 0.5) is 0 Å². The minimum Gasteiger partial charge on any atom is -0.361 e. The second-order valence-corrected chi connectivity index (χ2v) is 4.96. The second kappa shape index (κ2) is 8.35. The number of hydrogen-bond donors (Lipinski definition) is 2. The molecule has 2 N–H and O–H groups in total. The SMILES string of the molecule is CCNC(=O)CCc1cc(CCC(=O)NC(C)C)on1. The summed E-state index contributed by atoms with van der Waals surface area (Å²) >= 11 is 0. The van der Waals surface area contributed by atoms with Crippen LogP contribution in [0.2, 0.25) is 0 Å². The van der Waals surface area contributed by atoms with E-state index in [0.29, 0.717) is 38.0 Å². The molecule has 0 bridgehead atoms. The van der Waals surface area contributed by atoms with E-state index in [0.717, 1.165) is 5.69 Å². The Kier molecular flexibility index (Phi) is 6.76. The van der Waals surface area contributed by atoms with E-state index in [1.807, 2.05) is 26.8 Å². The molecule has 112 valence electrons. The molecule has 1 aromatic heterocycles. The number of carbonyl (C=O) groups is 2. The fourth-order valence-electron chi connectivity index (χ4n) is 1.75. The molecule has 0 aliphatic heterocycles. The maximum atomic E-state index is 11.5. The van der Waals surface area contributed by atoms with Gasteiger partial charge in [-0.1, -0.05) is 5.16 Å². The molecule has 0 unspecified atom stereocenters. The number of aryl methyl sites for hydroxylation is 2. The maximum Gasteiger partial charge on any atom is 0.220 e. The molecule has 20 heavy (non-hydrogen) atoms. The third kappa shape index (κ3) is 6.36. The molecule has 0 radical (unpaired) electrons. The highest BCUT2D eigenvalue weighted by atomic mass is 16.5. The van der Waals surface area contributed by atoms with E-state index >= 15 is 0 Å². The summed E-state index contributed by atoms with van der Waals surface area (Å²) in [5, 5.41) is 9.45. The van der Waals surface area contributed by atoms with E-state index in [-0.39, 0.29) is 17.9 Å². The molecule has 0 spiro atoms. The first-order valence-corrected chi connectivity index (χ1v) is 7.01. The van der Waals surface area contributed by atoms with Crippen LogP contribution in [0.25, 0.3) is 0 Å². The molecule has 0 saturated carbocycles. The summed E-state index contributed by atoms with van der Waals surface area (Å²) < 4.78 is 5.15. The third-order valence-electron chi connectivity index (χ3n) is 2.64. The van der Waals surface area contributed by atoms with E-state index in [4.69, 9.17) is 4.52 Å². The largest absolute Gasteiger partial charge is 0.361 e. The first-order chi connectivity index (χ1) is 9.51. The Bertz CT molecular complexity index is 441. The fourth-order valence-corrected chi connectivity index (χ4v) is 1.75. The molecule has 0 aromatic carbocycles. The van der Waals surface area contributed by atoms with Crippen LogP contribution in [0.1, 0.15) is 45.1 Å². The van der Waals surface area contributed by atoms with Crippen molar-refractivity contribution in [2.24, 2.45) is 0 Å². The Labute approximate surface area is 119 Å². The molecule has 0 fully saturated rings. The lowest BCUT2D eigenvalue weighted by Gasteiger charge is -2.06. The van der Waals surface area contributed by atoms with Crippen LogP contribution < -0.4 is 10.6 Å². The van der Waals surface area contributed by atoms with E-state index in [9.17, 15) is 9.59 Å². The van der Waals surface area contributed by atoms with E-state index in [2.05, 4.69) is 15.8 Å². The first-order valence-electron chi connectivity index (χ1n) is 7.01. The molecule has 0 saturated heterocycles.